The van der Waals surface area contributed by atoms with Crippen LogP contribution < -0.4 is 5.69 Å². The predicted octanol–water partition coefficient (Wildman–Crippen LogP) is 4.13. The lowest BCUT2D eigenvalue weighted by Crippen LogP contribution is -2.41. The Bertz CT molecular complexity index is 1250. The van der Waals surface area contributed by atoms with Gasteiger partial charge in [-0.1, -0.05) is 11.6 Å². The van der Waals surface area contributed by atoms with Gasteiger partial charge in [0.15, 0.2) is 9.84 Å². The van der Waals surface area contributed by atoms with Crippen LogP contribution in [0.15, 0.2) is 52.2 Å². The van der Waals surface area contributed by atoms with Gasteiger partial charge in [-0.05, 0) is 74.1 Å². The SMILES string of the molecule is O=c1[nH]nc(C[C@H]2CC[C@@](c3cc(F)ccc3F)(S(=O)(=O)c3ccc(Cl)cc3)CC2)[nH]1. The van der Waals surface area contributed by atoms with Gasteiger partial charge < -0.3 is 0 Å². The van der Waals surface area contributed by atoms with Crippen LogP contribution in [0, 0.1) is 17.6 Å². The van der Waals surface area contributed by atoms with E-state index in [4.69, 9.17) is 11.6 Å². The molecule has 2 aromatic carbocycles. The molecule has 1 aromatic heterocycles. The number of nitrogens with zero attached hydrogens (tertiary/aromatic N) is 1. The Balaban J connectivity index is 1.73. The summed E-state index contributed by atoms with van der Waals surface area (Å²) in [6.45, 7) is 0. The van der Waals surface area contributed by atoms with E-state index in [2.05, 4.69) is 15.2 Å². The predicted molar refractivity (Wildman–Crippen MR) is 112 cm³/mol. The quantitative estimate of drug-likeness (QED) is 0.589. The largest absolute Gasteiger partial charge is 0.340 e. The number of hydrogen-bond donors (Lipinski definition) is 2. The number of hydrogen-bond acceptors (Lipinski definition) is 4. The average Bonchev–Trinajstić information content (AvgIpc) is 3.15. The van der Waals surface area contributed by atoms with Crippen molar-refractivity contribution >= 4 is 21.4 Å². The monoisotopic (exact) mass is 467 g/mol. The Morgan fingerprint density at radius 3 is 2.39 bits per heavy atom. The van der Waals surface area contributed by atoms with E-state index in [1.165, 1.54) is 24.3 Å². The lowest BCUT2D eigenvalue weighted by atomic mass is 9.76. The average molecular weight is 468 g/mol. The maximum atomic E-state index is 14.8. The Labute approximate surface area is 182 Å². The van der Waals surface area contributed by atoms with E-state index in [-0.39, 0.29) is 29.2 Å². The standard InChI is InChI=1S/C21H20ClF2N3O3S/c22-14-1-4-16(5-2-14)31(29,30)21(17-12-15(23)3-6-18(17)24)9-7-13(8-10-21)11-19-25-20(28)27-26-19/h1-6,12-13H,7-11H2,(H2,25,26,27,28)/t13-,21+. The number of H-pyrrole nitrogens is 2. The van der Waals surface area contributed by atoms with Gasteiger partial charge in [0.1, 0.15) is 22.2 Å². The molecule has 0 bridgehead atoms. The second-order valence-electron chi connectivity index (χ2n) is 7.85. The van der Waals surface area contributed by atoms with Gasteiger partial charge in [0, 0.05) is 17.0 Å². The van der Waals surface area contributed by atoms with Crippen LogP contribution in [0.2, 0.25) is 5.02 Å². The third kappa shape index (κ3) is 4.04. The molecule has 0 amide bonds. The highest BCUT2D eigenvalue weighted by atomic mass is 35.5. The van der Waals surface area contributed by atoms with Crippen molar-refractivity contribution in [3.05, 3.63) is 81.0 Å². The second kappa shape index (κ2) is 8.20. The summed E-state index contributed by atoms with van der Waals surface area (Å²) in [4.78, 5) is 13.9. The molecule has 0 unspecified atom stereocenters. The fourth-order valence-electron chi connectivity index (χ4n) is 4.39. The van der Waals surface area contributed by atoms with Crippen molar-refractivity contribution in [2.45, 2.75) is 41.7 Å². The topological polar surface area (TPSA) is 95.7 Å². The van der Waals surface area contributed by atoms with Crippen LogP contribution in [0.5, 0.6) is 0 Å². The van der Waals surface area contributed by atoms with Crippen LogP contribution >= 0.6 is 11.6 Å². The van der Waals surface area contributed by atoms with Crippen molar-refractivity contribution in [3.8, 4) is 0 Å². The van der Waals surface area contributed by atoms with Crippen molar-refractivity contribution in [2.75, 3.05) is 0 Å². The van der Waals surface area contributed by atoms with E-state index >= 15 is 0 Å². The Morgan fingerprint density at radius 2 is 1.77 bits per heavy atom. The number of benzene rings is 2. The van der Waals surface area contributed by atoms with Gasteiger partial charge in [-0.15, -0.1) is 0 Å². The van der Waals surface area contributed by atoms with Crippen LogP contribution in [-0.4, -0.2) is 23.6 Å². The molecule has 1 saturated carbocycles. The molecule has 3 aromatic rings. The fraction of sp³-hybridized carbons (Fsp3) is 0.333. The minimum Gasteiger partial charge on any atom is -0.293 e. The Hall–Kier alpha value is -2.52. The zero-order chi connectivity index (χ0) is 22.2. The minimum atomic E-state index is -4.07. The van der Waals surface area contributed by atoms with Gasteiger partial charge in [0.25, 0.3) is 0 Å². The number of nitrogens with one attached hydrogen (secondary N) is 2. The van der Waals surface area contributed by atoms with Crippen molar-refractivity contribution < 1.29 is 17.2 Å². The third-order valence-corrected chi connectivity index (χ3v) is 8.80. The number of sulfone groups is 1. The maximum absolute atomic E-state index is 14.8. The van der Waals surface area contributed by atoms with E-state index in [0.29, 0.717) is 30.1 Å². The Morgan fingerprint density at radius 1 is 1.10 bits per heavy atom. The van der Waals surface area contributed by atoms with Gasteiger partial charge >= 0.3 is 5.69 Å². The zero-order valence-electron chi connectivity index (χ0n) is 16.4. The first kappa shape index (κ1) is 21.7. The summed E-state index contributed by atoms with van der Waals surface area (Å²) in [5, 5.41) is 6.58. The number of halogens is 3. The van der Waals surface area contributed by atoms with Crippen molar-refractivity contribution in [1.29, 1.82) is 0 Å². The summed E-state index contributed by atoms with van der Waals surface area (Å²) < 4.78 is 54.8. The maximum Gasteiger partial charge on any atom is 0.340 e. The smallest absolute Gasteiger partial charge is 0.293 e. The molecule has 6 nitrogen and oxygen atoms in total. The van der Waals surface area contributed by atoms with E-state index in [1.807, 2.05) is 0 Å². The van der Waals surface area contributed by atoms with Crippen LogP contribution in [-0.2, 0) is 21.0 Å². The molecule has 10 heteroatoms. The molecular formula is C21H20ClF2N3O3S. The zero-order valence-corrected chi connectivity index (χ0v) is 17.9. The highest BCUT2D eigenvalue weighted by molar-refractivity contribution is 7.92. The molecule has 4 rings (SSSR count). The van der Waals surface area contributed by atoms with Crippen molar-refractivity contribution in [1.82, 2.24) is 15.2 Å². The molecule has 0 saturated heterocycles. The molecule has 0 spiro atoms. The first-order valence-electron chi connectivity index (χ1n) is 9.80. The second-order valence-corrected chi connectivity index (χ2v) is 10.5. The Kier molecular flexibility index (Phi) is 5.74. The van der Waals surface area contributed by atoms with Gasteiger partial charge in [-0.3, -0.25) is 4.98 Å². The molecule has 31 heavy (non-hydrogen) atoms. The van der Waals surface area contributed by atoms with E-state index < -0.39 is 31.9 Å². The summed E-state index contributed by atoms with van der Waals surface area (Å²) >= 11 is 5.91. The highest BCUT2D eigenvalue weighted by Crippen LogP contribution is 2.49. The normalized spacial score (nSPS) is 21.8. The van der Waals surface area contributed by atoms with Crippen molar-refractivity contribution in [3.63, 3.8) is 0 Å². The first-order chi connectivity index (χ1) is 14.7. The summed E-state index contributed by atoms with van der Waals surface area (Å²) in [5.41, 5.74) is -0.568. The summed E-state index contributed by atoms with van der Waals surface area (Å²) in [5.74, 6) is -0.920. The lowest BCUT2D eigenvalue weighted by molar-refractivity contribution is 0.282. The number of rotatable bonds is 5. The minimum absolute atomic E-state index is 0.00985. The first-order valence-corrected chi connectivity index (χ1v) is 11.7. The van der Waals surface area contributed by atoms with Gasteiger partial charge in [0.2, 0.25) is 0 Å². The summed E-state index contributed by atoms with van der Waals surface area (Å²) in [7, 11) is -4.07. The van der Waals surface area contributed by atoms with Crippen LogP contribution in [0.25, 0.3) is 0 Å². The summed E-state index contributed by atoms with van der Waals surface area (Å²) in [6, 6.07) is 8.61. The van der Waals surface area contributed by atoms with E-state index in [1.54, 1.807) is 0 Å². The molecule has 0 radical (unpaired) electrons. The molecule has 1 heterocycles. The van der Waals surface area contributed by atoms with E-state index in [0.717, 1.165) is 18.2 Å². The van der Waals surface area contributed by atoms with Crippen LogP contribution in [0.4, 0.5) is 8.78 Å². The fourth-order valence-corrected chi connectivity index (χ4v) is 6.68. The molecule has 0 atom stereocenters. The van der Waals surface area contributed by atoms with Gasteiger partial charge in [0.05, 0.1) is 4.90 Å². The van der Waals surface area contributed by atoms with Crippen LogP contribution in [0.3, 0.4) is 0 Å². The van der Waals surface area contributed by atoms with E-state index in [9.17, 15) is 22.0 Å². The molecule has 1 aliphatic rings. The molecule has 164 valence electrons. The molecule has 1 aliphatic carbocycles. The van der Waals surface area contributed by atoms with Crippen molar-refractivity contribution in [2.24, 2.45) is 5.92 Å². The number of aromatic amines is 2. The molecule has 1 fully saturated rings. The molecular weight excluding hydrogens is 448 g/mol. The molecule has 0 aliphatic heterocycles. The summed E-state index contributed by atoms with van der Waals surface area (Å²) in [6.07, 6.45) is 1.56. The van der Waals surface area contributed by atoms with Gasteiger partial charge in [-0.25, -0.2) is 27.1 Å². The highest BCUT2D eigenvalue weighted by Gasteiger charge is 2.50. The third-order valence-electron chi connectivity index (χ3n) is 6.00. The molecule has 2 N–H and O–H groups in total. The van der Waals surface area contributed by atoms with Gasteiger partial charge in [-0.2, -0.15) is 5.10 Å². The number of aromatic nitrogens is 3. The van der Waals surface area contributed by atoms with Crippen LogP contribution in [0.1, 0.15) is 37.1 Å². The lowest BCUT2D eigenvalue weighted by Gasteiger charge is -2.40.